The van der Waals surface area contributed by atoms with Crippen LogP contribution in [0.5, 0.6) is 0 Å². The number of nitrogens with zero attached hydrogens (tertiary/aromatic N) is 1. The third-order valence-electron chi connectivity index (χ3n) is 1.74. The first-order valence-electron chi connectivity index (χ1n) is 4.07. The van der Waals surface area contributed by atoms with Gasteiger partial charge in [-0.1, -0.05) is 0 Å². The first-order chi connectivity index (χ1) is 6.91. The predicted octanol–water partition coefficient (Wildman–Crippen LogP) is 2.56. The summed E-state index contributed by atoms with van der Waals surface area (Å²) in [5.41, 5.74) is 0.444. The Morgan fingerprint density at radius 2 is 2.27 bits per heavy atom. The van der Waals surface area contributed by atoms with E-state index in [1.807, 2.05) is 0 Å². The van der Waals surface area contributed by atoms with Gasteiger partial charge in [-0.15, -0.1) is 0 Å². The van der Waals surface area contributed by atoms with Gasteiger partial charge >= 0.3 is 5.97 Å². The van der Waals surface area contributed by atoms with Gasteiger partial charge in [0.15, 0.2) is 0 Å². The van der Waals surface area contributed by atoms with Gasteiger partial charge in [-0.3, -0.25) is 9.78 Å². The van der Waals surface area contributed by atoms with E-state index in [1.165, 1.54) is 6.07 Å². The minimum atomic E-state index is -2.61. The Morgan fingerprint density at radius 1 is 1.67 bits per heavy atom. The van der Waals surface area contributed by atoms with Crippen LogP contribution >= 0.6 is 22.6 Å². The van der Waals surface area contributed by atoms with Crippen molar-refractivity contribution in [2.45, 2.75) is 19.8 Å². The van der Waals surface area contributed by atoms with Crippen LogP contribution in [0.1, 0.15) is 23.4 Å². The van der Waals surface area contributed by atoms with E-state index < -0.39 is 12.4 Å². The second-order valence-electron chi connectivity index (χ2n) is 2.98. The molecule has 1 aromatic rings. The van der Waals surface area contributed by atoms with Gasteiger partial charge in [0, 0.05) is 14.8 Å². The fourth-order valence-electron chi connectivity index (χ4n) is 1.17. The summed E-state index contributed by atoms with van der Waals surface area (Å²) < 4.78 is 25.3. The lowest BCUT2D eigenvalue weighted by Crippen LogP contribution is -2.08. The van der Waals surface area contributed by atoms with Crippen LogP contribution in [0, 0.1) is 10.5 Å². The quantitative estimate of drug-likeness (QED) is 0.868. The molecule has 0 aromatic carbocycles. The molecule has 3 nitrogen and oxygen atoms in total. The number of alkyl halides is 2. The van der Waals surface area contributed by atoms with Gasteiger partial charge in [0.05, 0.1) is 12.1 Å². The monoisotopic (exact) mass is 327 g/mol. The Hall–Kier alpha value is -0.790. The van der Waals surface area contributed by atoms with Gasteiger partial charge in [0.25, 0.3) is 6.43 Å². The van der Waals surface area contributed by atoms with Gasteiger partial charge in [-0.05, 0) is 35.6 Å². The standard InChI is InChI=1S/C9H8F2INO2/c1-4-2-5(9(10)11)8(12)6(13-4)3-7(14)15/h2,9H,3H2,1H3,(H,14,15). The number of rotatable bonds is 3. The molecule has 0 atom stereocenters. The summed E-state index contributed by atoms with van der Waals surface area (Å²) in [5.74, 6) is -1.08. The highest BCUT2D eigenvalue weighted by atomic mass is 127. The molecular formula is C9H8F2INO2. The van der Waals surface area contributed by atoms with E-state index in [2.05, 4.69) is 4.98 Å². The van der Waals surface area contributed by atoms with Crippen molar-refractivity contribution in [3.63, 3.8) is 0 Å². The van der Waals surface area contributed by atoms with E-state index in [4.69, 9.17) is 5.11 Å². The summed E-state index contributed by atoms with van der Waals surface area (Å²) in [6, 6.07) is 1.28. The average Bonchev–Trinajstić information content (AvgIpc) is 2.09. The van der Waals surface area contributed by atoms with Crippen LogP contribution in [0.15, 0.2) is 6.07 Å². The summed E-state index contributed by atoms with van der Waals surface area (Å²) in [6.07, 6.45) is -2.94. The molecule has 0 saturated heterocycles. The van der Waals surface area contributed by atoms with Crippen molar-refractivity contribution in [1.82, 2.24) is 4.98 Å². The molecule has 15 heavy (non-hydrogen) atoms. The first-order valence-corrected chi connectivity index (χ1v) is 5.15. The van der Waals surface area contributed by atoms with Crippen LogP contribution in [0.25, 0.3) is 0 Å². The number of carboxylic acids is 1. The van der Waals surface area contributed by atoms with Crippen LogP contribution in [-0.4, -0.2) is 16.1 Å². The van der Waals surface area contributed by atoms with Gasteiger partial charge in [-0.25, -0.2) is 8.78 Å². The van der Waals surface area contributed by atoms with Crippen molar-refractivity contribution in [3.8, 4) is 0 Å². The fraction of sp³-hybridized carbons (Fsp3) is 0.333. The maximum atomic E-state index is 12.5. The molecule has 1 N–H and O–H groups in total. The van der Waals surface area contributed by atoms with Gasteiger partial charge in [-0.2, -0.15) is 0 Å². The molecule has 1 rings (SSSR count). The third-order valence-corrected chi connectivity index (χ3v) is 2.98. The van der Waals surface area contributed by atoms with E-state index in [-0.39, 0.29) is 21.2 Å². The zero-order valence-corrected chi connectivity index (χ0v) is 9.96. The second-order valence-corrected chi connectivity index (χ2v) is 4.06. The van der Waals surface area contributed by atoms with E-state index in [9.17, 15) is 13.6 Å². The number of aryl methyl sites for hydroxylation is 1. The molecule has 82 valence electrons. The van der Waals surface area contributed by atoms with Crippen molar-refractivity contribution in [2.75, 3.05) is 0 Å². The average molecular weight is 327 g/mol. The van der Waals surface area contributed by atoms with Crippen LogP contribution in [0.4, 0.5) is 8.78 Å². The van der Waals surface area contributed by atoms with E-state index in [0.717, 1.165) is 0 Å². The molecule has 0 unspecified atom stereocenters. The first kappa shape index (κ1) is 12.3. The molecule has 0 saturated carbocycles. The molecule has 0 amide bonds. The zero-order valence-electron chi connectivity index (χ0n) is 7.80. The maximum absolute atomic E-state index is 12.5. The Morgan fingerprint density at radius 3 is 2.73 bits per heavy atom. The highest BCUT2D eigenvalue weighted by Gasteiger charge is 2.17. The smallest absolute Gasteiger partial charge is 0.309 e. The number of aromatic nitrogens is 1. The molecule has 1 aromatic heterocycles. The lowest BCUT2D eigenvalue weighted by atomic mass is 10.1. The zero-order chi connectivity index (χ0) is 11.6. The molecular weight excluding hydrogens is 319 g/mol. The summed E-state index contributed by atoms with van der Waals surface area (Å²) in [6.45, 7) is 1.56. The van der Waals surface area contributed by atoms with Gasteiger partial charge in [0.1, 0.15) is 0 Å². The Kier molecular flexibility index (Phi) is 3.95. The molecule has 0 aliphatic heterocycles. The Balaban J connectivity index is 3.21. The van der Waals surface area contributed by atoms with Gasteiger partial charge in [0.2, 0.25) is 0 Å². The molecule has 0 aliphatic carbocycles. The fourth-order valence-corrected chi connectivity index (χ4v) is 1.87. The molecule has 1 heterocycles. The summed E-state index contributed by atoms with van der Waals surface area (Å²) in [5, 5.41) is 8.58. The lowest BCUT2D eigenvalue weighted by molar-refractivity contribution is -0.136. The number of halogens is 3. The maximum Gasteiger partial charge on any atom is 0.309 e. The van der Waals surface area contributed by atoms with Crippen LogP contribution < -0.4 is 0 Å². The lowest BCUT2D eigenvalue weighted by Gasteiger charge is -2.08. The van der Waals surface area contributed by atoms with Crippen molar-refractivity contribution in [3.05, 3.63) is 26.6 Å². The Bertz CT molecular complexity index is 396. The number of pyridine rings is 1. The topological polar surface area (TPSA) is 50.2 Å². The number of carbonyl (C=O) groups is 1. The molecule has 0 radical (unpaired) electrons. The Labute approximate surface area is 98.7 Å². The largest absolute Gasteiger partial charge is 0.481 e. The minimum absolute atomic E-state index is 0.153. The summed E-state index contributed by atoms with van der Waals surface area (Å²) in [4.78, 5) is 14.4. The second kappa shape index (κ2) is 4.82. The number of hydrogen-bond donors (Lipinski definition) is 1. The van der Waals surface area contributed by atoms with Gasteiger partial charge < -0.3 is 5.11 Å². The van der Waals surface area contributed by atoms with Crippen LogP contribution in [0.2, 0.25) is 0 Å². The third kappa shape index (κ3) is 3.08. The van der Waals surface area contributed by atoms with Crippen molar-refractivity contribution in [2.24, 2.45) is 0 Å². The number of carboxylic acid groups (broad SMARTS) is 1. The predicted molar refractivity (Wildman–Crippen MR) is 58.0 cm³/mol. The molecule has 0 spiro atoms. The van der Waals surface area contributed by atoms with E-state index in [0.29, 0.717) is 5.69 Å². The van der Waals surface area contributed by atoms with Crippen LogP contribution in [0.3, 0.4) is 0 Å². The highest BCUT2D eigenvalue weighted by Crippen LogP contribution is 2.27. The SMILES string of the molecule is Cc1cc(C(F)F)c(I)c(CC(=O)O)n1. The molecule has 6 heteroatoms. The summed E-state index contributed by atoms with van der Waals surface area (Å²) in [7, 11) is 0. The van der Waals surface area contributed by atoms with Crippen molar-refractivity contribution >= 4 is 28.6 Å². The van der Waals surface area contributed by atoms with Crippen LogP contribution in [-0.2, 0) is 11.2 Å². The minimum Gasteiger partial charge on any atom is -0.481 e. The number of hydrogen-bond acceptors (Lipinski definition) is 2. The molecule has 0 aliphatic rings. The van der Waals surface area contributed by atoms with Crippen molar-refractivity contribution in [1.29, 1.82) is 0 Å². The molecule has 0 bridgehead atoms. The highest BCUT2D eigenvalue weighted by molar-refractivity contribution is 14.1. The summed E-state index contributed by atoms with van der Waals surface area (Å²) >= 11 is 1.70. The number of aliphatic carboxylic acids is 1. The van der Waals surface area contributed by atoms with E-state index >= 15 is 0 Å². The van der Waals surface area contributed by atoms with E-state index in [1.54, 1.807) is 29.5 Å². The molecule has 0 fully saturated rings. The normalized spacial score (nSPS) is 10.7. The van der Waals surface area contributed by atoms with Crippen molar-refractivity contribution < 1.29 is 18.7 Å².